The first kappa shape index (κ1) is 28.8. The van der Waals surface area contributed by atoms with E-state index >= 15 is 0 Å². The first-order chi connectivity index (χ1) is 15.1. The largest absolute Gasteiger partial charge is 0.462 e. The van der Waals surface area contributed by atoms with Crippen molar-refractivity contribution in [3.8, 4) is 0 Å². The van der Waals surface area contributed by atoms with Crippen molar-refractivity contribution >= 4 is 23.9 Å². The highest BCUT2D eigenvalue weighted by molar-refractivity contribution is 5.82. The quantitative estimate of drug-likeness (QED) is 0.186. The summed E-state index contributed by atoms with van der Waals surface area (Å²) < 4.78 is 26.4. The molecule has 0 spiro atoms. The van der Waals surface area contributed by atoms with Crippen LogP contribution < -0.4 is 0 Å². The minimum absolute atomic E-state index is 0.00834. The van der Waals surface area contributed by atoms with E-state index in [1.165, 1.54) is 0 Å². The van der Waals surface area contributed by atoms with Crippen LogP contribution in [0.3, 0.4) is 0 Å². The van der Waals surface area contributed by atoms with Gasteiger partial charge in [0.2, 0.25) is 0 Å². The van der Waals surface area contributed by atoms with Crippen LogP contribution in [0.2, 0.25) is 0 Å². The van der Waals surface area contributed by atoms with Gasteiger partial charge in [-0.1, -0.05) is 40.2 Å². The summed E-state index contributed by atoms with van der Waals surface area (Å²) in [6.07, 6.45) is 4.52. The third-order valence-electron chi connectivity index (χ3n) is 4.44. The molecule has 9 nitrogen and oxygen atoms in total. The van der Waals surface area contributed by atoms with E-state index < -0.39 is 34.7 Å². The number of ether oxygens (including phenoxy) is 5. The van der Waals surface area contributed by atoms with Crippen LogP contribution in [0.4, 0.5) is 0 Å². The smallest absolute Gasteiger partial charge is 0.330 e. The van der Waals surface area contributed by atoms with Crippen LogP contribution in [-0.2, 0) is 42.9 Å². The summed E-state index contributed by atoms with van der Waals surface area (Å²) in [6, 6.07) is 0. The first-order valence-corrected chi connectivity index (χ1v) is 9.83. The van der Waals surface area contributed by atoms with Gasteiger partial charge < -0.3 is 23.7 Å². The van der Waals surface area contributed by atoms with Crippen LogP contribution >= 0.6 is 0 Å². The highest BCUT2D eigenvalue weighted by Crippen LogP contribution is 2.27. The summed E-state index contributed by atoms with van der Waals surface area (Å²) in [7, 11) is 0. The minimum atomic E-state index is -0.896. The zero-order valence-electron chi connectivity index (χ0n) is 18.8. The number of hydrogen-bond acceptors (Lipinski definition) is 9. The Bertz CT molecular complexity index is 660. The third kappa shape index (κ3) is 11.3. The monoisotopic (exact) mass is 452 g/mol. The zero-order chi connectivity index (χ0) is 24.6. The average Bonchev–Trinajstić information content (AvgIpc) is 2.81. The van der Waals surface area contributed by atoms with E-state index in [1.807, 2.05) is 6.92 Å². The van der Waals surface area contributed by atoms with E-state index in [0.717, 1.165) is 24.3 Å². The van der Waals surface area contributed by atoms with Gasteiger partial charge >= 0.3 is 23.9 Å². The molecular formula is C23H32O9. The Balaban J connectivity index is 5.33. The van der Waals surface area contributed by atoms with Gasteiger partial charge in [0, 0.05) is 24.3 Å². The first-order valence-electron chi connectivity index (χ1n) is 9.83. The predicted octanol–water partition coefficient (Wildman–Crippen LogP) is 2.32. The molecule has 0 aliphatic heterocycles. The Morgan fingerprint density at radius 3 is 1.28 bits per heavy atom. The van der Waals surface area contributed by atoms with Crippen molar-refractivity contribution in [2.45, 2.75) is 20.3 Å². The lowest BCUT2D eigenvalue weighted by Crippen LogP contribution is -2.41. The lowest BCUT2D eigenvalue weighted by molar-refractivity contribution is -0.156. The maximum Gasteiger partial charge on any atom is 0.330 e. The molecule has 0 bridgehead atoms. The third-order valence-corrected chi connectivity index (χ3v) is 4.44. The number of carbonyl (C=O) groups is 4. The lowest BCUT2D eigenvalue weighted by Gasteiger charge is -2.34. The van der Waals surface area contributed by atoms with Gasteiger partial charge in [0.25, 0.3) is 0 Å². The molecular weight excluding hydrogens is 420 g/mol. The molecule has 0 rings (SSSR count). The molecule has 0 aromatic carbocycles. The van der Waals surface area contributed by atoms with E-state index in [2.05, 4.69) is 26.3 Å². The van der Waals surface area contributed by atoms with Crippen molar-refractivity contribution in [2.24, 2.45) is 10.8 Å². The van der Waals surface area contributed by atoms with E-state index in [1.54, 1.807) is 6.92 Å². The average molecular weight is 453 g/mol. The molecule has 0 atom stereocenters. The fourth-order valence-corrected chi connectivity index (χ4v) is 2.24. The van der Waals surface area contributed by atoms with Gasteiger partial charge in [-0.3, -0.25) is 0 Å². The molecule has 0 radical (unpaired) electrons. The van der Waals surface area contributed by atoms with Crippen molar-refractivity contribution in [3.05, 3.63) is 50.6 Å². The Labute approximate surface area is 188 Å². The molecule has 0 N–H and O–H groups in total. The Hall–Kier alpha value is -3.20. The van der Waals surface area contributed by atoms with Crippen molar-refractivity contribution < 1.29 is 42.9 Å². The molecule has 0 amide bonds. The number of hydrogen-bond donors (Lipinski definition) is 0. The highest BCUT2D eigenvalue weighted by atomic mass is 16.6. The van der Waals surface area contributed by atoms with Crippen molar-refractivity contribution in [3.63, 3.8) is 0 Å². The zero-order valence-corrected chi connectivity index (χ0v) is 18.8. The van der Waals surface area contributed by atoms with Crippen LogP contribution in [0.15, 0.2) is 50.6 Å². The fraction of sp³-hybridized carbons (Fsp3) is 0.478. The van der Waals surface area contributed by atoms with Gasteiger partial charge in [-0.25, -0.2) is 19.2 Å². The molecule has 0 unspecified atom stereocenters. The lowest BCUT2D eigenvalue weighted by atomic mass is 9.87. The minimum Gasteiger partial charge on any atom is -0.462 e. The van der Waals surface area contributed by atoms with Crippen molar-refractivity contribution in [2.75, 3.05) is 39.6 Å². The SMILES string of the molecule is C=CC(=O)OCC(C)(COCC(CC)(COC(=O)C=C)COC(=O)C=C)COC(=O)C=C. The van der Waals surface area contributed by atoms with Crippen LogP contribution in [-0.4, -0.2) is 63.5 Å². The molecule has 0 fully saturated rings. The van der Waals surface area contributed by atoms with Crippen LogP contribution in [0, 0.1) is 10.8 Å². The molecule has 0 aromatic rings. The Kier molecular flexibility index (Phi) is 13.3. The van der Waals surface area contributed by atoms with Gasteiger partial charge in [0.1, 0.15) is 26.4 Å². The second-order valence-electron chi connectivity index (χ2n) is 7.40. The second-order valence-corrected chi connectivity index (χ2v) is 7.40. The van der Waals surface area contributed by atoms with Gasteiger partial charge in [0.05, 0.1) is 24.0 Å². The summed E-state index contributed by atoms with van der Waals surface area (Å²) in [6.45, 7) is 16.5. The molecule has 0 heterocycles. The molecule has 0 saturated heterocycles. The summed E-state index contributed by atoms with van der Waals surface area (Å²) in [5, 5.41) is 0. The number of esters is 4. The Morgan fingerprint density at radius 2 is 0.969 bits per heavy atom. The summed E-state index contributed by atoms with van der Waals surface area (Å²) in [5.41, 5.74) is -1.75. The molecule has 0 aliphatic carbocycles. The topological polar surface area (TPSA) is 114 Å². The standard InChI is InChI=1S/C23H32O9/c1-7-18(24)29-13-22(6,14-30-19(25)8-2)12-28-15-23(11-5,16-31-20(26)9-3)17-32-21(27)10-4/h7-10H,1-4,11-17H2,5-6H3. The van der Waals surface area contributed by atoms with E-state index in [0.29, 0.717) is 6.42 Å². The van der Waals surface area contributed by atoms with Crippen molar-refractivity contribution in [1.29, 1.82) is 0 Å². The van der Waals surface area contributed by atoms with Crippen LogP contribution in [0.1, 0.15) is 20.3 Å². The summed E-state index contributed by atoms with van der Waals surface area (Å²) >= 11 is 0. The fourth-order valence-electron chi connectivity index (χ4n) is 2.24. The molecule has 0 aliphatic rings. The summed E-state index contributed by atoms with van der Waals surface area (Å²) in [5.74, 6) is -2.53. The van der Waals surface area contributed by atoms with Gasteiger partial charge in [0.15, 0.2) is 0 Å². The Morgan fingerprint density at radius 1 is 0.625 bits per heavy atom. The number of carbonyl (C=O) groups excluding carboxylic acids is 4. The molecule has 0 aromatic heterocycles. The molecule has 32 heavy (non-hydrogen) atoms. The normalized spacial score (nSPS) is 10.9. The van der Waals surface area contributed by atoms with Gasteiger partial charge in [-0.05, 0) is 6.42 Å². The predicted molar refractivity (Wildman–Crippen MR) is 116 cm³/mol. The summed E-state index contributed by atoms with van der Waals surface area (Å²) in [4.78, 5) is 46.0. The van der Waals surface area contributed by atoms with Crippen LogP contribution in [0.5, 0.6) is 0 Å². The van der Waals surface area contributed by atoms with Gasteiger partial charge in [-0.15, -0.1) is 0 Å². The molecule has 178 valence electrons. The molecule has 0 saturated carbocycles. The second kappa shape index (κ2) is 14.7. The van der Waals surface area contributed by atoms with E-state index in [4.69, 9.17) is 23.7 Å². The highest BCUT2D eigenvalue weighted by Gasteiger charge is 2.35. The molecule has 9 heteroatoms. The maximum atomic E-state index is 11.5. The maximum absolute atomic E-state index is 11.5. The van der Waals surface area contributed by atoms with E-state index in [-0.39, 0.29) is 39.6 Å². The van der Waals surface area contributed by atoms with Gasteiger partial charge in [-0.2, -0.15) is 0 Å². The van der Waals surface area contributed by atoms with Crippen molar-refractivity contribution in [1.82, 2.24) is 0 Å². The number of rotatable bonds is 17. The van der Waals surface area contributed by atoms with E-state index in [9.17, 15) is 19.2 Å². The van der Waals surface area contributed by atoms with Crippen LogP contribution in [0.25, 0.3) is 0 Å².